The van der Waals surface area contributed by atoms with E-state index in [2.05, 4.69) is 42.5 Å². The molecule has 0 N–H and O–H groups in total. The predicted molar refractivity (Wildman–Crippen MR) is 85.8 cm³/mol. The van der Waals surface area contributed by atoms with Crippen LogP contribution in [-0.4, -0.2) is 27.9 Å². The van der Waals surface area contributed by atoms with E-state index in [0.29, 0.717) is 26.4 Å². The van der Waals surface area contributed by atoms with Crippen molar-refractivity contribution in [3.05, 3.63) is 66.2 Å². The Morgan fingerprint density at radius 2 is 1.71 bits per heavy atom. The van der Waals surface area contributed by atoms with Crippen LogP contribution in [0.4, 0.5) is 0 Å². The van der Waals surface area contributed by atoms with Crippen LogP contribution in [0.1, 0.15) is 18.4 Å². The molecule has 2 nitrogen and oxygen atoms in total. The SMILES string of the molecule is c1ccc(COC2OCCCC2[Se]c2ccccc2)cc1. The van der Waals surface area contributed by atoms with E-state index in [4.69, 9.17) is 9.47 Å². The van der Waals surface area contributed by atoms with E-state index in [1.165, 1.54) is 16.4 Å². The Kier molecular flexibility index (Phi) is 5.47. The number of hydrogen-bond acceptors (Lipinski definition) is 2. The molecule has 2 aromatic rings. The number of hydrogen-bond donors (Lipinski definition) is 0. The molecule has 1 heterocycles. The number of benzene rings is 2. The van der Waals surface area contributed by atoms with Gasteiger partial charge in [0.1, 0.15) is 0 Å². The molecule has 21 heavy (non-hydrogen) atoms. The molecular formula is C18H20O2Se. The third-order valence-electron chi connectivity index (χ3n) is 3.51. The molecule has 3 heteroatoms. The van der Waals surface area contributed by atoms with Crippen molar-refractivity contribution in [1.82, 2.24) is 0 Å². The Hall–Kier alpha value is -1.12. The van der Waals surface area contributed by atoms with Gasteiger partial charge in [0.15, 0.2) is 0 Å². The molecule has 0 amide bonds. The molecule has 1 aliphatic heterocycles. The second kappa shape index (κ2) is 7.76. The van der Waals surface area contributed by atoms with Crippen molar-refractivity contribution in [3.8, 4) is 0 Å². The summed E-state index contributed by atoms with van der Waals surface area (Å²) in [5, 5.41) is 0. The van der Waals surface area contributed by atoms with Crippen LogP contribution in [0, 0.1) is 0 Å². The van der Waals surface area contributed by atoms with Gasteiger partial charge in [0.05, 0.1) is 0 Å². The summed E-state index contributed by atoms with van der Waals surface area (Å²) in [7, 11) is 0. The van der Waals surface area contributed by atoms with Gasteiger partial charge in [-0.05, 0) is 0 Å². The Labute approximate surface area is 132 Å². The fourth-order valence-corrected chi connectivity index (χ4v) is 4.98. The molecule has 0 radical (unpaired) electrons. The van der Waals surface area contributed by atoms with E-state index >= 15 is 0 Å². The fraction of sp³-hybridized carbons (Fsp3) is 0.333. The quantitative estimate of drug-likeness (QED) is 0.774. The van der Waals surface area contributed by atoms with E-state index in [-0.39, 0.29) is 6.29 Å². The van der Waals surface area contributed by atoms with Gasteiger partial charge in [-0.15, -0.1) is 0 Å². The molecular weight excluding hydrogens is 327 g/mol. The van der Waals surface area contributed by atoms with Gasteiger partial charge in [0, 0.05) is 0 Å². The molecule has 0 saturated carbocycles. The van der Waals surface area contributed by atoms with Gasteiger partial charge in [-0.3, -0.25) is 0 Å². The molecule has 110 valence electrons. The molecule has 0 bridgehead atoms. The van der Waals surface area contributed by atoms with E-state index in [0.717, 1.165) is 13.0 Å². The summed E-state index contributed by atoms with van der Waals surface area (Å²) in [5.74, 6) is 0. The van der Waals surface area contributed by atoms with Crippen molar-refractivity contribution < 1.29 is 9.47 Å². The van der Waals surface area contributed by atoms with Crippen molar-refractivity contribution in [3.63, 3.8) is 0 Å². The molecule has 1 saturated heterocycles. The molecule has 2 atom stereocenters. The maximum atomic E-state index is 6.05. The van der Waals surface area contributed by atoms with Crippen LogP contribution in [0.3, 0.4) is 0 Å². The van der Waals surface area contributed by atoms with Gasteiger partial charge >= 0.3 is 132 Å². The molecule has 2 unspecified atom stereocenters. The Balaban J connectivity index is 1.59. The Morgan fingerprint density at radius 1 is 1.00 bits per heavy atom. The van der Waals surface area contributed by atoms with Crippen molar-refractivity contribution in [2.24, 2.45) is 0 Å². The zero-order valence-electron chi connectivity index (χ0n) is 12.0. The summed E-state index contributed by atoms with van der Waals surface area (Å²) in [6.07, 6.45) is 2.29. The second-order valence-electron chi connectivity index (χ2n) is 5.15. The molecule has 1 fully saturated rings. The topological polar surface area (TPSA) is 18.5 Å². The summed E-state index contributed by atoms with van der Waals surface area (Å²) in [4.78, 5) is 0.511. The van der Waals surface area contributed by atoms with E-state index in [1.54, 1.807) is 0 Å². The van der Waals surface area contributed by atoms with Gasteiger partial charge in [-0.1, -0.05) is 0 Å². The molecule has 0 spiro atoms. The zero-order chi connectivity index (χ0) is 14.3. The van der Waals surface area contributed by atoms with Crippen molar-refractivity contribution in [2.45, 2.75) is 30.6 Å². The van der Waals surface area contributed by atoms with E-state index in [9.17, 15) is 0 Å². The molecule has 0 aliphatic carbocycles. The summed E-state index contributed by atoms with van der Waals surface area (Å²) < 4.78 is 13.3. The normalized spacial score (nSPS) is 22.1. The van der Waals surface area contributed by atoms with Crippen LogP contribution in [0.25, 0.3) is 0 Å². The first-order valence-corrected chi connectivity index (χ1v) is 9.25. The van der Waals surface area contributed by atoms with Crippen LogP contribution in [0.2, 0.25) is 4.82 Å². The first kappa shape index (κ1) is 14.8. The molecule has 2 aromatic carbocycles. The van der Waals surface area contributed by atoms with Crippen LogP contribution in [0.15, 0.2) is 60.7 Å². The fourth-order valence-electron chi connectivity index (χ4n) is 2.42. The molecule has 1 aliphatic rings. The summed E-state index contributed by atoms with van der Waals surface area (Å²) in [6, 6.07) is 21.0. The first-order valence-electron chi connectivity index (χ1n) is 7.41. The summed E-state index contributed by atoms with van der Waals surface area (Å²) >= 11 is 0.406. The van der Waals surface area contributed by atoms with Crippen molar-refractivity contribution >= 4 is 19.4 Å². The third-order valence-corrected chi connectivity index (χ3v) is 6.24. The standard InChI is InChI=1S/C18H20O2Se/c1-3-8-15(9-4-1)14-20-18-17(12-7-13-19-18)21-16-10-5-2-6-11-16/h1-6,8-11,17-18H,7,12-14H2. The Morgan fingerprint density at radius 3 is 2.48 bits per heavy atom. The van der Waals surface area contributed by atoms with Gasteiger partial charge in [-0.2, -0.15) is 0 Å². The first-order chi connectivity index (χ1) is 10.4. The summed E-state index contributed by atoms with van der Waals surface area (Å²) in [6.45, 7) is 1.45. The minimum atomic E-state index is -0.0563. The monoisotopic (exact) mass is 348 g/mol. The average molecular weight is 347 g/mol. The Bertz CT molecular complexity index is 529. The maximum absolute atomic E-state index is 6.05. The van der Waals surface area contributed by atoms with Gasteiger partial charge in [-0.25, -0.2) is 0 Å². The van der Waals surface area contributed by atoms with E-state index < -0.39 is 0 Å². The van der Waals surface area contributed by atoms with Gasteiger partial charge in [0.25, 0.3) is 0 Å². The average Bonchev–Trinajstić information content (AvgIpc) is 2.56. The van der Waals surface area contributed by atoms with Crippen LogP contribution >= 0.6 is 0 Å². The van der Waals surface area contributed by atoms with Crippen LogP contribution in [0.5, 0.6) is 0 Å². The minimum absolute atomic E-state index is 0.0563. The van der Waals surface area contributed by atoms with Crippen molar-refractivity contribution in [2.75, 3.05) is 6.61 Å². The molecule has 0 aromatic heterocycles. The van der Waals surface area contributed by atoms with Crippen molar-refractivity contribution in [1.29, 1.82) is 0 Å². The second-order valence-corrected chi connectivity index (χ2v) is 7.90. The number of rotatable bonds is 5. The predicted octanol–water partition coefficient (Wildman–Crippen LogP) is 3.16. The van der Waals surface area contributed by atoms with Crippen LogP contribution in [-0.2, 0) is 16.1 Å². The third kappa shape index (κ3) is 4.42. The van der Waals surface area contributed by atoms with Crippen LogP contribution < -0.4 is 4.46 Å². The zero-order valence-corrected chi connectivity index (χ0v) is 13.7. The van der Waals surface area contributed by atoms with E-state index in [1.807, 2.05) is 18.2 Å². The number of ether oxygens (including phenoxy) is 2. The molecule has 3 rings (SSSR count). The van der Waals surface area contributed by atoms with Gasteiger partial charge < -0.3 is 0 Å². The summed E-state index contributed by atoms with van der Waals surface area (Å²) in [5.41, 5.74) is 1.21. The van der Waals surface area contributed by atoms with Gasteiger partial charge in [0.2, 0.25) is 0 Å².